The zero-order chi connectivity index (χ0) is 19.2. The van der Waals surface area contributed by atoms with Gasteiger partial charge in [-0.2, -0.15) is 0 Å². The fourth-order valence-corrected chi connectivity index (χ4v) is 4.35. The predicted octanol–water partition coefficient (Wildman–Crippen LogP) is 2.86. The number of carbonyl (C=O) groups is 1. The molecule has 0 aliphatic heterocycles. The van der Waals surface area contributed by atoms with Crippen LogP contribution in [0.25, 0.3) is 0 Å². The minimum absolute atomic E-state index is 0.311. The van der Waals surface area contributed by atoms with Gasteiger partial charge in [0.1, 0.15) is 11.8 Å². The zero-order valence-corrected chi connectivity index (χ0v) is 16.5. The molecule has 0 fully saturated rings. The van der Waals surface area contributed by atoms with E-state index in [1.165, 1.54) is 25.5 Å². The molecule has 0 spiro atoms. The van der Waals surface area contributed by atoms with Crippen LogP contribution in [0, 0.1) is 0 Å². The number of anilines is 1. The SMILES string of the molecule is COc1cccc(N(C(C)C(=O)NCCC2=CCCCC2)S(C)(=O)=O)c1. The Balaban J connectivity index is 2.07. The number of nitrogens with zero attached hydrogens (tertiary/aromatic N) is 1. The van der Waals surface area contributed by atoms with Gasteiger partial charge in [-0.25, -0.2) is 8.42 Å². The van der Waals surface area contributed by atoms with E-state index in [9.17, 15) is 13.2 Å². The van der Waals surface area contributed by atoms with Gasteiger partial charge in [0, 0.05) is 12.6 Å². The van der Waals surface area contributed by atoms with Crippen LogP contribution in [0.1, 0.15) is 39.0 Å². The first kappa shape index (κ1) is 20.3. The average molecular weight is 381 g/mol. The van der Waals surface area contributed by atoms with Gasteiger partial charge in [0.25, 0.3) is 0 Å². The smallest absolute Gasteiger partial charge is 0.243 e. The minimum atomic E-state index is -3.63. The Morgan fingerprint density at radius 3 is 2.73 bits per heavy atom. The van der Waals surface area contributed by atoms with Gasteiger partial charge < -0.3 is 10.1 Å². The van der Waals surface area contributed by atoms with Gasteiger partial charge in [-0.15, -0.1) is 0 Å². The summed E-state index contributed by atoms with van der Waals surface area (Å²) in [7, 11) is -2.11. The van der Waals surface area contributed by atoms with E-state index in [-0.39, 0.29) is 5.91 Å². The maximum Gasteiger partial charge on any atom is 0.243 e. The van der Waals surface area contributed by atoms with E-state index >= 15 is 0 Å². The average Bonchev–Trinajstić information content (AvgIpc) is 2.61. The number of carbonyl (C=O) groups excluding carboxylic acids is 1. The van der Waals surface area contributed by atoms with Gasteiger partial charge in [-0.3, -0.25) is 9.10 Å². The molecule has 26 heavy (non-hydrogen) atoms. The number of benzene rings is 1. The highest BCUT2D eigenvalue weighted by Crippen LogP contribution is 2.25. The van der Waals surface area contributed by atoms with Crippen molar-refractivity contribution in [3.63, 3.8) is 0 Å². The van der Waals surface area contributed by atoms with Crippen molar-refractivity contribution in [2.24, 2.45) is 0 Å². The lowest BCUT2D eigenvalue weighted by Gasteiger charge is -2.28. The molecular weight excluding hydrogens is 352 g/mol. The maximum absolute atomic E-state index is 12.5. The number of methoxy groups -OCH3 is 1. The van der Waals surface area contributed by atoms with Gasteiger partial charge >= 0.3 is 0 Å². The largest absolute Gasteiger partial charge is 0.497 e. The Hall–Kier alpha value is -2.02. The van der Waals surface area contributed by atoms with Gasteiger partial charge in [-0.1, -0.05) is 17.7 Å². The molecule has 1 aromatic rings. The molecular formula is C19H28N2O4S. The molecule has 7 heteroatoms. The van der Waals surface area contributed by atoms with Crippen molar-refractivity contribution in [2.45, 2.75) is 45.1 Å². The van der Waals surface area contributed by atoms with Crippen molar-refractivity contribution in [3.8, 4) is 5.75 Å². The standard InChI is InChI=1S/C19H28N2O4S/c1-15(19(22)20-13-12-16-8-5-4-6-9-16)21(26(3,23)24)17-10-7-11-18(14-17)25-2/h7-8,10-11,14-15H,4-6,9,12-13H2,1-3H3,(H,20,22). The number of amides is 1. The quantitative estimate of drug-likeness (QED) is 0.704. The summed E-state index contributed by atoms with van der Waals surface area (Å²) in [6.45, 7) is 2.11. The molecule has 0 saturated heterocycles. The summed E-state index contributed by atoms with van der Waals surface area (Å²) in [5.74, 6) is 0.225. The second kappa shape index (κ2) is 9.07. The third-order valence-corrected chi connectivity index (χ3v) is 5.77. The molecule has 1 N–H and O–H groups in total. The normalized spacial score (nSPS) is 15.7. The summed E-state index contributed by atoms with van der Waals surface area (Å²) < 4.78 is 30.9. The molecule has 0 bridgehead atoms. The molecule has 1 aliphatic rings. The Bertz CT molecular complexity index is 759. The van der Waals surface area contributed by atoms with E-state index in [4.69, 9.17) is 4.74 Å². The third-order valence-electron chi connectivity index (χ3n) is 4.53. The third kappa shape index (κ3) is 5.49. The van der Waals surface area contributed by atoms with E-state index in [2.05, 4.69) is 11.4 Å². The fraction of sp³-hybridized carbons (Fsp3) is 0.526. The Morgan fingerprint density at radius 1 is 1.35 bits per heavy atom. The van der Waals surface area contributed by atoms with Crippen molar-refractivity contribution in [2.75, 3.05) is 24.2 Å². The second-order valence-electron chi connectivity index (χ2n) is 6.59. The molecule has 6 nitrogen and oxygen atoms in total. The topological polar surface area (TPSA) is 75.7 Å². The van der Waals surface area contributed by atoms with Crippen molar-refractivity contribution in [1.82, 2.24) is 5.32 Å². The first-order valence-electron chi connectivity index (χ1n) is 8.92. The Labute approximate surface area is 156 Å². The van der Waals surface area contributed by atoms with Crippen molar-refractivity contribution in [3.05, 3.63) is 35.9 Å². The van der Waals surface area contributed by atoms with E-state index in [0.29, 0.717) is 18.0 Å². The zero-order valence-electron chi connectivity index (χ0n) is 15.7. The number of rotatable bonds is 8. The number of allylic oxidation sites excluding steroid dienone is 1. The Morgan fingerprint density at radius 2 is 2.12 bits per heavy atom. The first-order chi connectivity index (χ1) is 12.3. The molecule has 2 rings (SSSR count). The molecule has 0 aromatic heterocycles. The number of sulfonamides is 1. The number of hydrogen-bond acceptors (Lipinski definition) is 4. The number of hydrogen-bond donors (Lipinski definition) is 1. The monoisotopic (exact) mass is 380 g/mol. The summed E-state index contributed by atoms with van der Waals surface area (Å²) in [4.78, 5) is 12.5. The van der Waals surface area contributed by atoms with Crippen LogP contribution in [0.5, 0.6) is 5.75 Å². The molecule has 1 unspecified atom stereocenters. The van der Waals surface area contributed by atoms with Crippen LogP contribution in [-0.4, -0.2) is 40.3 Å². The number of ether oxygens (including phenoxy) is 1. The summed E-state index contributed by atoms with van der Waals surface area (Å²) in [5, 5.41) is 2.86. The highest BCUT2D eigenvalue weighted by molar-refractivity contribution is 7.92. The van der Waals surface area contributed by atoms with Crippen molar-refractivity contribution in [1.29, 1.82) is 0 Å². The van der Waals surface area contributed by atoms with Gasteiger partial charge in [0.05, 0.1) is 19.1 Å². The van der Waals surface area contributed by atoms with Gasteiger partial charge in [0.15, 0.2) is 0 Å². The first-order valence-corrected chi connectivity index (χ1v) is 10.8. The van der Waals surface area contributed by atoms with Gasteiger partial charge in [0.2, 0.25) is 15.9 Å². The van der Waals surface area contributed by atoms with Crippen LogP contribution >= 0.6 is 0 Å². The minimum Gasteiger partial charge on any atom is -0.497 e. The lowest BCUT2D eigenvalue weighted by atomic mass is 9.97. The van der Waals surface area contributed by atoms with Crippen LogP contribution < -0.4 is 14.4 Å². The molecule has 144 valence electrons. The van der Waals surface area contributed by atoms with Crippen LogP contribution in [-0.2, 0) is 14.8 Å². The molecule has 0 saturated carbocycles. The molecule has 1 aliphatic carbocycles. The highest BCUT2D eigenvalue weighted by atomic mass is 32.2. The van der Waals surface area contributed by atoms with E-state index in [1.54, 1.807) is 31.2 Å². The molecule has 1 atom stereocenters. The molecule has 1 amide bonds. The summed E-state index contributed by atoms with van der Waals surface area (Å²) in [6, 6.07) is 5.84. The van der Waals surface area contributed by atoms with Crippen molar-refractivity contribution < 1.29 is 17.9 Å². The van der Waals surface area contributed by atoms with Crippen LogP contribution in [0.15, 0.2) is 35.9 Å². The van der Waals surface area contributed by atoms with Gasteiger partial charge in [-0.05, 0) is 51.2 Å². The fourth-order valence-electron chi connectivity index (χ4n) is 3.18. The summed E-state index contributed by atoms with van der Waals surface area (Å²) >= 11 is 0. The van der Waals surface area contributed by atoms with E-state index in [0.717, 1.165) is 29.8 Å². The maximum atomic E-state index is 12.5. The van der Waals surface area contributed by atoms with Crippen LogP contribution in [0.4, 0.5) is 5.69 Å². The predicted molar refractivity (Wildman–Crippen MR) is 104 cm³/mol. The number of nitrogens with one attached hydrogen (secondary N) is 1. The molecule has 1 aromatic carbocycles. The lowest BCUT2D eigenvalue weighted by Crippen LogP contribution is -2.48. The second-order valence-corrected chi connectivity index (χ2v) is 8.44. The van der Waals surface area contributed by atoms with Crippen LogP contribution in [0.3, 0.4) is 0 Å². The molecule has 0 radical (unpaired) electrons. The highest BCUT2D eigenvalue weighted by Gasteiger charge is 2.29. The van der Waals surface area contributed by atoms with Crippen LogP contribution in [0.2, 0.25) is 0 Å². The summed E-state index contributed by atoms with van der Waals surface area (Å²) in [5.41, 5.74) is 1.78. The molecule has 0 heterocycles. The van der Waals surface area contributed by atoms with E-state index in [1.807, 2.05) is 0 Å². The van der Waals surface area contributed by atoms with E-state index < -0.39 is 16.1 Å². The Kier molecular flexibility index (Phi) is 7.08. The lowest BCUT2D eigenvalue weighted by molar-refractivity contribution is -0.121. The van der Waals surface area contributed by atoms with Crippen molar-refractivity contribution >= 4 is 21.6 Å². The summed E-state index contributed by atoms with van der Waals surface area (Å²) in [6.07, 6.45) is 8.80.